The Bertz CT molecular complexity index is 264. The highest BCUT2D eigenvalue weighted by atomic mass is 15.1. The van der Waals surface area contributed by atoms with Gasteiger partial charge in [0, 0.05) is 0 Å². The minimum atomic E-state index is 0.378. The normalized spacial score (nSPS) is 19.4. The summed E-state index contributed by atoms with van der Waals surface area (Å²) in [4.78, 5) is 0. The maximum absolute atomic E-state index is 4.34. The fourth-order valence-corrected chi connectivity index (χ4v) is 2.14. The summed E-state index contributed by atoms with van der Waals surface area (Å²) >= 11 is 0. The van der Waals surface area contributed by atoms with Crippen LogP contribution in [0.5, 0.6) is 0 Å². The molecule has 1 unspecified atom stereocenters. The van der Waals surface area contributed by atoms with Crippen molar-refractivity contribution in [2.24, 2.45) is 22.1 Å². The van der Waals surface area contributed by atoms with E-state index in [0.29, 0.717) is 6.04 Å². The lowest BCUT2D eigenvalue weighted by atomic mass is 10.0. The van der Waals surface area contributed by atoms with Crippen LogP contribution in [-0.2, 0) is 0 Å². The maximum atomic E-state index is 4.34. The molecule has 0 aromatic heterocycles. The zero-order chi connectivity index (χ0) is 12.7. The molecule has 0 saturated carbocycles. The molecule has 1 aliphatic rings. The number of hydrogen-bond acceptors (Lipinski definition) is 2. The van der Waals surface area contributed by atoms with Crippen LogP contribution < -0.4 is 0 Å². The van der Waals surface area contributed by atoms with Gasteiger partial charge in [0.05, 0.1) is 11.7 Å². The van der Waals surface area contributed by atoms with E-state index in [0.717, 1.165) is 18.3 Å². The molecule has 0 bridgehead atoms. The molecule has 0 spiro atoms. The summed E-state index contributed by atoms with van der Waals surface area (Å²) in [6.45, 7) is 9.12. The first-order chi connectivity index (χ1) is 8.08. The number of azo groups is 1. The SMILES string of the molecule is CC(C)CCCC1=CC(CCCC(C)C)N=N1. The van der Waals surface area contributed by atoms with Crippen LogP contribution in [0, 0.1) is 11.8 Å². The van der Waals surface area contributed by atoms with Crippen LogP contribution in [0.2, 0.25) is 0 Å². The Morgan fingerprint density at radius 1 is 1.06 bits per heavy atom. The van der Waals surface area contributed by atoms with Crippen molar-refractivity contribution in [2.45, 2.75) is 72.3 Å². The molecule has 0 aromatic rings. The summed E-state index contributed by atoms with van der Waals surface area (Å²) in [5.74, 6) is 1.61. The van der Waals surface area contributed by atoms with Crippen molar-refractivity contribution in [3.8, 4) is 0 Å². The second-order valence-corrected chi connectivity index (χ2v) is 6.05. The Morgan fingerprint density at radius 3 is 2.35 bits per heavy atom. The Balaban J connectivity index is 2.15. The Morgan fingerprint density at radius 2 is 1.71 bits per heavy atom. The minimum absolute atomic E-state index is 0.378. The molecule has 17 heavy (non-hydrogen) atoms. The fraction of sp³-hybridized carbons (Fsp3) is 0.867. The lowest BCUT2D eigenvalue weighted by molar-refractivity contribution is 0.522. The van der Waals surface area contributed by atoms with Crippen molar-refractivity contribution in [1.29, 1.82) is 0 Å². The van der Waals surface area contributed by atoms with Gasteiger partial charge in [-0.15, -0.1) is 0 Å². The molecule has 2 heteroatoms. The predicted molar refractivity (Wildman–Crippen MR) is 74.1 cm³/mol. The van der Waals surface area contributed by atoms with Crippen molar-refractivity contribution in [2.75, 3.05) is 0 Å². The quantitative estimate of drug-likeness (QED) is 0.542. The molecule has 1 aliphatic heterocycles. The van der Waals surface area contributed by atoms with Gasteiger partial charge >= 0.3 is 0 Å². The highest BCUT2D eigenvalue weighted by Crippen LogP contribution is 2.23. The van der Waals surface area contributed by atoms with Crippen molar-refractivity contribution in [3.63, 3.8) is 0 Å². The average Bonchev–Trinajstić information content (AvgIpc) is 2.65. The lowest BCUT2D eigenvalue weighted by Crippen LogP contribution is -1.98. The predicted octanol–water partition coefficient (Wildman–Crippen LogP) is 5.36. The molecule has 0 amide bonds. The van der Waals surface area contributed by atoms with Crippen LogP contribution in [-0.4, -0.2) is 6.04 Å². The first-order valence-electron chi connectivity index (χ1n) is 7.19. The van der Waals surface area contributed by atoms with Crippen LogP contribution in [0.25, 0.3) is 0 Å². The molecule has 1 rings (SSSR count). The first kappa shape index (κ1) is 14.4. The third-order valence-electron chi connectivity index (χ3n) is 3.22. The topological polar surface area (TPSA) is 24.7 Å². The van der Waals surface area contributed by atoms with Crippen molar-refractivity contribution >= 4 is 0 Å². The second-order valence-electron chi connectivity index (χ2n) is 6.05. The van der Waals surface area contributed by atoms with Crippen molar-refractivity contribution in [1.82, 2.24) is 0 Å². The summed E-state index contributed by atoms with van der Waals surface area (Å²) in [5, 5.41) is 8.64. The van der Waals surface area contributed by atoms with Gasteiger partial charge < -0.3 is 0 Å². The van der Waals surface area contributed by atoms with Crippen molar-refractivity contribution < 1.29 is 0 Å². The highest BCUT2D eigenvalue weighted by molar-refractivity contribution is 5.09. The molecular weight excluding hydrogens is 208 g/mol. The van der Waals surface area contributed by atoms with E-state index in [1.807, 2.05) is 0 Å². The third-order valence-corrected chi connectivity index (χ3v) is 3.22. The summed E-state index contributed by atoms with van der Waals surface area (Å²) in [6, 6.07) is 0.378. The van der Waals surface area contributed by atoms with Crippen LogP contribution in [0.1, 0.15) is 66.2 Å². The smallest absolute Gasteiger partial charge is 0.0914 e. The second kappa shape index (κ2) is 7.62. The Labute approximate surface area is 107 Å². The maximum Gasteiger partial charge on any atom is 0.0914 e. The molecule has 0 fully saturated rings. The standard InChI is InChI=1S/C15H28N2/c1-12(2)7-5-9-14-11-15(17-16-14)10-6-8-13(3)4/h11-14H,5-10H2,1-4H3. The third kappa shape index (κ3) is 6.60. The fourth-order valence-electron chi connectivity index (χ4n) is 2.14. The van der Waals surface area contributed by atoms with E-state index in [2.05, 4.69) is 44.0 Å². The van der Waals surface area contributed by atoms with Gasteiger partial charge in [-0.3, -0.25) is 0 Å². The van der Waals surface area contributed by atoms with Gasteiger partial charge in [-0.1, -0.05) is 47.0 Å². The van der Waals surface area contributed by atoms with E-state index in [1.54, 1.807) is 0 Å². The van der Waals surface area contributed by atoms with Gasteiger partial charge in [0.15, 0.2) is 0 Å². The zero-order valence-corrected chi connectivity index (χ0v) is 11.9. The number of nitrogens with zero attached hydrogens (tertiary/aromatic N) is 2. The Kier molecular flexibility index (Phi) is 6.46. The van der Waals surface area contributed by atoms with E-state index in [4.69, 9.17) is 0 Å². The van der Waals surface area contributed by atoms with Gasteiger partial charge in [0.2, 0.25) is 0 Å². The van der Waals surface area contributed by atoms with Gasteiger partial charge in [0.1, 0.15) is 0 Å². The zero-order valence-electron chi connectivity index (χ0n) is 11.9. The Hall–Kier alpha value is -0.660. The van der Waals surface area contributed by atoms with E-state index in [9.17, 15) is 0 Å². The van der Waals surface area contributed by atoms with E-state index in [1.165, 1.54) is 37.8 Å². The van der Waals surface area contributed by atoms with Crippen LogP contribution >= 0.6 is 0 Å². The van der Waals surface area contributed by atoms with Gasteiger partial charge in [0.25, 0.3) is 0 Å². The summed E-state index contributed by atoms with van der Waals surface area (Å²) < 4.78 is 0. The summed E-state index contributed by atoms with van der Waals surface area (Å²) in [5.41, 5.74) is 1.22. The number of rotatable bonds is 8. The van der Waals surface area contributed by atoms with E-state index in [-0.39, 0.29) is 0 Å². The van der Waals surface area contributed by atoms with Gasteiger partial charge in [-0.2, -0.15) is 10.2 Å². The molecule has 0 radical (unpaired) electrons. The molecule has 0 saturated heterocycles. The summed E-state index contributed by atoms with van der Waals surface area (Å²) in [7, 11) is 0. The van der Waals surface area contributed by atoms with E-state index >= 15 is 0 Å². The average molecular weight is 236 g/mol. The first-order valence-corrected chi connectivity index (χ1v) is 7.19. The van der Waals surface area contributed by atoms with Gasteiger partial charge in [-0.25, -0.2) is 0 Å². The molecule has 0 aromatic carbocycles. The van der Waals surface area contributed by atoms with Crippen LogP contribution in [0.3, 0.4) is 0 Å². The molecule has 98 valence electrons. The number of allylic oxidation sites excluding steroid dienone is 1. The largest absolute Gasteiger partial charge is 0.181 e. The van der Waals surface area contributed by atoms with Gasteiger partial charge in [-0.05, 0) is 37.2 Å². The van der Waals surface area contributed by atoms with Crippen molar-refractivity contribution in [3.05, 3.63) is 11.8 Å². The molecular formula is C15H28N2. The summed E-state index contributed by atoms with van der Waals surface area (Å²) in [6.07, 6.45) is 9.70. The molecule has 0 N–H and O–H groups in total. The molecule has 1 heterocycles. The van der Waals surface area contributed by atoms with Crippen LogP contribution in [0.4, 0.5) is 0 Å². The number of hydrogen-bond donors (Lipinski definition) is 0. The van der Waals surface area contributed by atoms with E-state index < -0.39 is 0 Å². The lowest BCUT2D eigenvalue weighted by Gasteiger charge is -2.05. The monoisotopic (exact) mass is 236 g/mol. The molecule has 2 nitrogen and oxygen atoms in total. The molecule has 1 atom stereocenters. The van der Waals surface area contributed by atoms with Crippen LogP contribution in [0.15, 0.2) is 22.0 Å². The highest BCUT2D eigenvalue weighted by Gasteiger charge is 2.12. The minimum Gasteiger partial charge on any atom is -0.181 e. The molecule has 0 aliphatic carbocycles.